The van der Waals surface area contributed by atoms with Gasteiger partial charge in [0, 0.05) is 19.0 Å². The van der Waals surface area contributed by atoms with Crippen LogP contribution in [-0.2, 0) is 16.0 Å². The number of ether oxygens (including phenoxy) is 4. The summed E-state index contributed by atoms with van der Waals surface area (Å²) >= 11 is 0. The van der Waals surface area contributed by atoms with E-state index < -0.39 is 12.6 Å². The summed E-state index contributed by atoms with van der Waals surface area (Å²) in [4.78, 5) is 35.7. The van der Waals surface area contributed by atoms with Gasteiger partial charge in [-0.3, -0.25) is 9.59 Å². The van der Waals surface area contributed by atoms with Crippen molar-refractivity contribution in [1.29, 1.82) is 0 Å². The first kappa shape index (κ1) is 22.7. The van der Waals surface area contributed by atoms with E-state index in [1.165, 1.54) is 34.3 Å². The topological polar surface area (TPSA) is 100 Å². The predicted octanol–water partition coefficient (Wildman–Crippen LogP) is 2.43. The second-order valence-electron chi connectivity index (χ2n) is 6.31. The summed E-state index contributed by atoms with van der Waals surface area (Å²) in [7, 11) is 4.30. The van der Waals surface area contributed by atoms with Gasteiger partial charge in [-0.05, 0) is 24.1 Å². The fraction of sp³-hybridized carbons (Fsp3) is 0.318. The maximum absolute atomic E-state index is 12.5. The van der Waals surface area contributed by atoms with Crippen LogP contribution in [0.25, 0.3) is 0 Å². The highest BCUT2D eigenvalue weighted by Gasteiger charge is 2.22. The Balaban J connectivity index is 2.01. The lowest BCUT2D eigenvalue weighted by Crippen LogP contribution is -2.22. The molecule has 2 aromatic carbocycles. The molecule has 0 aromatic heterocycles. The normalized spacial score (nSPS) is 10.1. The van der Waals surface area contributed by atoms with Gasteiger partial charge in [-0.1, -0.05) is 24.3 Å². The molecule has 8 nitrogen and oxygen atoms in total. The van der Waals surface area contributed by atoms with Crippen LogP contribution < -0.4 is 19.5 Å². The van der Waals surface area contributed by atoms with Crippen molar-refractivity contribution in [3.63, 3.8) is 0 Å². The van der Waals surface area contributed by atoms with E-state index in [0.717, 1.165) is 5.56 Å². The standard InChI is InChI=1S/C22H25NO7/c1-14(24)23-12-11-15-5-7-16(8-6-15)18(25)13-30-22(26)17-9-10-19(27-2)21(29-4)20(17)28-3/h5-10H,11-13H2,1-4H3,(H,23,24). The molecule has 1 N–H and O–H groups in total. The fourth-order valence-corrected chi connectivity index (χ4v) is 2.79. The van der Waals surface area contributed by atoms with Gasteiger partial charge in [0.15, 0.2) is 23.9 Å². The molecule has 1 amide bonds. The van der Waals surface area contributed by atoms with E-state index in [2.05, 4.69) is 5.32 Å². The molecule has 30 heavy (non-hydrogen) atoms. The van der Waals surface area contributed by atoms with Crippen molar-refractivity contribution in [1.82, 2.24) is 5.32 Å². The molecule has 0 spiro atoms. The number of carbonyl (C=O) groups is 3. The van der Waals surface area contributed by atoms with E-state index in [4.69, 9.17) is 18.9 Å². The van der Waals surface area contributed by atoms with E-state index in [-0.39, 0.29) is 28.8 Å². The minimum atomic E-state index is -0.715. The Morgan fingerprint density at radius 1 is 0.867 bits per heavy atom. The smallest absolute Gasteiger partial charge is 0.342 e. The molecule has 2 rings (SSSR count). The van der Waals surface area contributed by atoms with Crippen LogP contribution in [0.15, 0.2) is 36.4 Å². The molecule has 8 heteroatoms. The van der Waals surface area contributed by atoms with Crippen LogP contribution >= 0.6 is 0 Å². The molecule has 0 aliphatic rings. The first-order valence-electron chi connectivity index (χ1n) is 9.24. The van der Waals surface area contributed by atoms with Crippen molar-refractivity contribution in [3.05, 3.63) is 53.1 Å². The molecule has 0 saturated heterocycles. The lowest BCUT2D eigenvalue weighted by atomic mass is 10.1. The number of methoxy groups -OCH3 is 3. The van der Waals surface area contributed by atoms with Crippen LogP contribution in [0.1, 0.15) is 33.2 Å². The number of esters is 1. The molecule has 0 aliphatic heterocycles. The van der Waals surface area contributed by atoms with Crippen molar-refractivity contribution in [2.24, 2.45) is 0 Å². The zero-order valence-corrected chi connectivity index (χ0v) is 17.4. The highest BCUT2D eigenvalue weighted by Crippen LogP contribution is 2.39. The van der Waals surface area contributed by atoms with E-state index in [9.17, 15) is 14.4 Å². The van der Waals surface area contributed by atoms with Gasteiger partial charge in [-0.15, -0.1) is 0 Å². The summed E-state index contributed by atoms with van der Waals surface area (Å²) in [5.74, 6) is -0.312. The summed E-state index contributed by atoms with van der Waals surface area (Å²) in [5.41, 5.74) is 1.52. The van der Waals surface area contributed by atoms with Gasteiger partial charge in [-0.25, -0.2) is 4.79 Å². The number of hydrogen-bond acceptors (Lipinski definition) is 7. The second-order valence-corrected chi connectivity index (χ2v) is 6.31. The highest BCUT2D eigenvalue weighted by atomic mass is 16.5. The van der Waals surface area contributed by atoms with Crippen LogP contribution in [-0.4, -0.2) is 52.1 Å². The SMILES string of the molecule is COc1ccc(C(=O)OCC(=O)c2ccc(CCNC(C)=O)cc2)c(OC)c1OC. The monoisotopic (exact) mass is 415 g/mol. The third-order valence-corrected chi connectivity index (χ3v) is 4.32. The average molecular weight is 415 g/mol. The first-order valence-corrected chi connectivity index (χ1v) is 9.24. The number of nitrogens with one attached hydrogen (secondary N) is 1. The molecule has 0 radical (unpaired) electrons. The summed E-state index contributed by atoms with van der Waals surface area (Å²) in [6.45, 7) is 1.57. The zero-order chi connectivity index (χ0) is 22.1. The van der Waals surface area contributed by atoms with Crippen molar-refractivity contribution in [3.8, 4) is 17.2 Å². The van der Waals surface area contributed by atoms with E-state index in [0.29, 0.717) is 24.3 Å². The number of Topliss-reactive ketones (excluding diaryl/α,β-unsaturated/α-hetero) is 1. The Labute approximate surface area is 175 Å². The van der Waals surface area contributed by atoms with Crippen molar-refractivity contribution < 1.29 is 33.3 Å². The summed E-state index contributed by atoms with van der Waals surface area (Å²) in [6, 6.07) is 9.96. The van der Waals surface area contributed by atoms with Crippen molar-refractivity contribution in [2.75, 3.05) is 34.5 Å². The van der Waals surface area contributed by atoms with E-state index >= 15 is 0 Å². The summed E-state index contributed by atoms with van der Waals surface area (Å²) in [6.07, 6.45) is 0.655. The molecule has 0 unspecified atom stereocenters. The number of rotatable bonds is 10. The molecule has 0 atom stereocenters. The quantitative estimate of drug-likeness (QED) is 0.470. The van der Waals surface area contributed by atoms with Gasteiger partial charge in [0.1, 0.15) is 5.56 Å². The number of ketones is 1. The van der Waals surface area contributed by atoms with Crippen molar-refractivity contribution >= 4 is 17.7 Å². The van der Waals surface area contributed by atoms with Gasteiger partial charge < -0.3 is 24.3 Å². The van der Waals surface area contributed by atoms with Crippen LogP contribution in [0, 0.1) is 0 Å². The Hall–Kier alpha value is -3.55. The molecular weight excluding hydrogens is 390 g/mol. The molecule has 0 heterocycles. The minimum absolute atomic E-state index is 0.0882. The molecule has 0 aliphatic carbocycles. The van der Waals surface area contributed by atoms with Crippen LogP contribution in [0.4, 0.5) is 0 Å². The van der Waals surface area contributed by atoms with Gasteiger partial charge in [-0.2, -0.15) is 0 Å². The largest absolute Gasteiger partial charge is 0.493 e. The van der Waals surface area contributed by atoms with Gasteiger partial charge in [0.25, 0.3) is 0 Å². The maximum atomic E-state index is 12.5. The Kier molecular flexibility index (Phi) is 8.22. The predicted molar refractivity (Wildman–Crippen MR) is 110 cm³/mol. The fourth-order valence-electron chi connectivity index (χ4n) is 2.79. The maximum Gasteiger partial charge on any atom is 0.342 e. The molecular formula is C22H25NO7. The molecule has 0 saturated carbocycles. The minimum Gasteiger partial charge on any atom is -0.493 e. The second kappa shape index (κ2) is 10.8. The van der Waals surface area contributed by atoms with Gasteiger partial charge in [0.2, 0.25) is 11.7 Å². The molecule has 2 aromatic rings. The van der Waals surface area contributed by atoms with E-state index in [1.807, 2.05) is 0 Å². The Morgan fingerprint density at radius 3 is 2.10 bits per heavy atom. The lowest BCUT2D eigenvalue weighted by molar-refractivity contribution is -0.118. The summed E-state index contributed by atoms with van der Waals surface area (Å²) < 4.78 is 20.9. The zero-order valence-electron chi connectivity index (χ0n) is 17.4. The number of hydrogen-bond donors (Lipinski definition) is 1. The number of carbonyl (C=O) groups excluding carboxylic acids is 3. The summed E-state index contributed by atoms with van der Waals surface area (Å²) in [5, 5.41) is 2.71. The van der Waals surface area contributed by atoms with Gasteiger partial charge in [0.05, 0.1) is 21.3 Å². The first-order chi connectivity index (χ1) is 14.4. The van der Waals surface area contributed by atoms with E-state index in [1.54, 1.807) is 30.3 Å². The Morgan fingerprint density at radius 2 is 1.53 bits per heavy atom. The highest BCUT2D eigenvalue weighted by molar-refractivity contribution is 6.00. The van der Waals surface area contributed by atoms with Crippen LogP contribution in [0.2, 0.25) is 0 Å². The Bertz CT molecular complexity index is 906. The van der Waals surface area contributed by atoms with Crippen molar-refractivity contribution in [2.45, 2.75) is 13.3 Å². The molecule has 0 bridgehead atoms. The average Bonchev–Trinajstić information content (AvgIpc) is 2.76. The van der Waals surface area contributed by atoms with Crippen LogP contribution in [0.3, 0.4) is 0 Å². The number of benzene rings is 2. The third-order valence-electron chi connectivity index (χ3n) is 4.32. The van der Waals surface area contributed by atoms with Gasteiger partial charge >= 0.3 is 5.97 Å². The number of amides is 1. The third kappa shape index (κ3) is 5.73. The lowest BCUT2D eigenvalue weighted by Gasteiger charge is -2.15. The molecule has 160 valence electrons. The molecule has 0 fully saturated rings. The van der Waals surface area contributed by atoms with Crippen LogP contribution in [0.5, 0.6) is 17.2 Å².